The molecule has 7 nitrogen and oxygen atoms in total. The first-order valence-corrected chi connectivity index (χ1v) is 9.72. The third kappa shape index (κ3) is 5.90. The Balaban J connectivity index is 2.18. The minimum atomic E-state index is -1.04. The van der Waals surface area contributed by atoms with Crippen LogP contribution in [-0.4, -0.2) is 43.8 Å². The number of ether oxygens (including phenoxy) is 3. The van der Waals surface area contributed by atoms with Gasteiger partial charge >= 0.3 is 11.9 Å². The van der Waals surface area contributed by atoms with E-state index in [1.807, 2.05) is 30.3 Å². The van der Waals surface area contributed by atoms with Crippen LogP contribution in [-0.2, 0) is 23.8 Å². The van der Waals surface area contributed by atoms with Gasteiger partial charge in [-0.3, -0.25) is 4.79 Å². The Hall–Kier alpha value is -2.71. The van der Waals surface area contributed by atoms with Crippen molar-refractivity contribution in [2.24, 2.45) is 0 Å². The summed E-state index contributed by atoms with van der Waals surface area (Å²) in [5.41, 5.74) is 1.17. The van der Waals surface area contributed by atoms with E-state index >= 15 is 0 Å². The molecule has 0 fully saturated rings. The van der Waals surface area contributed by atoms with Crippen molar-refractivity contribution in [3.8, 4) is 10.4 Å². The summed E-state index contributed by atoms with van der Waals surface area (Å²) in [7, 11) is 0. The lowest BCUT2D eigenvalue weighted by molar-refractivity contribution is -0.157. The number of nitrogens with one attached hydrogen (secondary N) is 1. The second-order valence-corrected chi connectivity index (χ2v) is 6.75. The van der Waals surface area contributed by atoms with E-state index < -0.39 is 23.9 Å². The van der Waals surface area contributed by atoms with Crippen molar-refractivity contribution in [1.82, 2.24) is 0 Å². The highest BCUT2D eigenvalue weighted by Crippen LogP contribution is 2.36. The summed E-state index contributed by atoms with van der Waals surface area (Å²) in [5, 5.41) is 3.00. The van der Waals surface area contributed by atoms with Gasteiger partial charge in [0.05, 0.1) is 12.2 Å². The Kier molecular flexibility index (Phi) is 8.16. The van der Waals surface area contributed by atoms with Crippen LogP contribution in [0.15, 0.2) is 36.4 Å². The quantitative estimate of drug-likeness (QED) is 0.642. The topological polar surface area (TPSA) is 90.9 Å². The second kappa shape index (κ2) is 10.6. The molecule has 0 aliphatic carbocycles. The molecular weight excluding hydrogens is 382 g/mol. The van der Waals surface area contributed by atoms with E-state index in [9.17, 15) is 14.4 Å². The average molecular weight is 405 g/mol. The third-order valence-electron chi connectivity index (χ3n) is 3.62. The Labute approximate surface area is 167 Å². The number of anilines is 1. The van der Waals surface area contributed by atoms with Gasteiger partial charge in [-0.2, -0.15) is 0 Å². The van der Waals surface area contributed by atoms with Crippen LogP contribution in [0, 0.1) is 0 Å². The molecule has 0 radical (unpaired) electrons. The monoisotopic (exact) mass is 405 g/mol. The highest BCUT2D eigenvalue weighted by Gasteiger charge is 2.23. The van der Waals surface area contributed by atoms with Crippen LogP contribution < -0.4 is 5.32 Å². The number of benzene rings is 1. The largest absolute Gasteiger partial charge is 0.462 e. The molecule has 150 valence electrons. The van der Waals surface area contributed by atoms with Crippen LogP contribution >= 0.6 is 11.3 Å². The molecule has 0 aliphatic rings. The van der Waals surface area contributed by atoms with E-state index in [1.165, 1.54) is 18.3 Å². The predicted octanol–water partition coefficient (Wildman–Crippen LogP) is 3.50. The van der Waals surface area contributed by atoms with Gasteiger partial charge in [0.25, 0.3) is 5.91 Å². The number of hydrogen-bond acceptors (Lipinski definition) is 7. The molecule has 2 rings (SSSR count). The number of esters is 2. The molecule has 1 amide bonds. The van der Waals surface area contributed by atoms with Crippen molar-refractivity contribution in [1.29, 1.82) is 0 Å². The smallest absolute Gasteiger partial charge is 0.341 e. The number of hydrogen-bond donors (Lipinski definition) is 1. The van der Waals surface area contributed by atoms with Crippen molar-refractivity contribution in [3.05, 3.63) is 42.0 Å². The fourth-order valence-electron chi connectivity index (χ4n) is 2.27. The van der Waals surface area contributed by atoms with Gasteiger partial charge in [0.1, 0.15) is 11.6 Å². The average Bonchev–Trinajstić information content (AvgIpc) is 3.11. The highest BCUT2D eigenvalue weighted by atomic mass is 32.1. The fourth-order valence-corrected chi connectivity index (χ4v) is 3.33. The molecule has 1 atom stereocenters. The standard InChI is InChI=1S/C20H23NO6S/c1-4-25-12-17(22)27-13(3)18(23)21-19-15(20(24)26-5-2)11-16(28-19)14-9-7-6-8-10-14/h6-11,13H,4-5,12H2,1-3H3,(H,21,23). The summed E-state index contributed by atoms with van der Waals surface area (Å²) in [4.78, 5) is 37.1. The van der Waals surface area contributed by atoms with E-state index in [4.69, 9.17) is 14.2 Å². The van der Waals surface area contributed by atoms with Gasteiger partial charge in [-0.1, -0.05) is 30.3 Å². The van der Waals surface area contributed by atoms with Crippen molar-refractivity contribution in [2.75, 3.05) is 25.1 Å². The third-order valence-corrected chi connectivity index (χ3v) is 4.72. The molecule has 0 bridgehead atoms. The molecule has 28 heavy (non-hydrogen) atoms. The van der Waals surface area contributed by atoms with E-state index in [0.717, 1.165) is 10.4 Å². The first-order chi connectivity index (χ1) is 13.5. The van der Waals surface area contributed by atoms with Gasteiger partial charge in [-0.05, 0) is 32.4 Å². The van der Waals surface area contributed by atoms with Crippen LogP contribution in [0.3, 0.4) is 0 Å². The van der Waals surface area contributed by atoms with Gasteiger partial charge in [0.2, 0.25) is 0 Å². The van der Waals surface area contributed by atoms with Crippen LogP contribution in [0.25, 0.3) is 10.4 Å². The molecule has 1 N–H and O–H groups in total. The first-order valence-electron chi connectivity index (χ1n) is 8.90. The minimum absolute atomic E-state index is 0.216. The van der Waals surface area contributed by atoms with Crippen molar-refractivity contribution >= 4 is 34.2 Å². The lowest BCUT2D eigenvalue weighted by Crippen LogP contribution is -2.31. The van der Waals surface area contributed by atoms with Crippen LogP contribution in [0.5, 0.6) is 0 Å². The Morgan fingerprint density at radius 1 is 1.11 bits per heavy atom. The fraction of sp³-hybridized carbons (Fsp3) is 0.350. The molecule has 1 aromatic heterocycles. The number of amides is 1. The number of thiophene rings is 1. The number of carbonyl (C=O) groups is 3. The zero-order valence-corrected chi connectivity index (χ0v) is 16.8. The molecule has 1 aromatic carbocycles. The Morgan fingerprint density at radius 3 is 2.46 bits per heavy atom. The molecule has 1 unspecified atom stereocenters. The van der Waals surface area contributed by atoms with Crippen molar-refractivity contribution in [3.63, 3.8) is 0 Å². The highest BCUT2D eigenvalue weighted by molar-refractivity contribution is 7.20. The summed E-state index contributed by atoms with van der Waals surface area (Å²) < 4.78 is 15.1. The molecule has 2 aromatic rings. The maximum Gasteiger partial charge on any atom is 0.341 e. The summed E-state index contributed by atoms with van der Waals surface area (Å²) in [6.45, 7) is 5.28. The maximum atomic E-state index is 12.4. The van der Waals surface area contributed by atoms with E-state index in [0.29, 0.717) is 11.6 Å². The lowest BCUT2D eigenvalue weighted by Gasteiger charge is -2.13. The summed E-state index contributed by atoms with van der Waals surface area (Å²) >= 11 is 1.25. The molecular formula is C20H23NO6S. The van der Waals surface area contributed by atoms with Gasteiger partial charge in [0, 0.05) is 11.5 Å². The van der Waals surface area contributed by atoms with Crippen LogP contribution in [0.2, 0.25) is 0 Å². The first kappa shape index (κ1) is 21.6. The van der Waals surface area contributed by atoms with Gasteiger partial charge in [-0.15, -0.1) is 11.3 Å². The zero-order chi connectivity index (χ0) is 20.5. The van der Waals surface area contributed by atoms with Crippen LogP contribution in [0.1, 0.15) is 31.1 Å². The molecule has 0 aliphatic heterocycles. The molecule has 1 heterocycles. The summed E-state index contributed by atoms with van der Waals surface area (Å²) in [6.07, 6.45) is -1.04. The Bertz CT molecular complexity index is 817. The maximum absolute atomic E-state index is 12.4. The molecule has 0 spiro atoms. The van der Waals surface area contributed by atoms with E-state index in [1.54, 1.807) is 19.9 Å². The van der Waals surface area contributed by atoms with Crippen LogP contribution in [0.4, 0.5) is 5.00 Å². The lowest BCUT2D eigenvalue weighted by atomic mass is 10.1. The second-order valence-electron chi connectivity index (χ2n) is 5.70. The normalized spacial score (nSPS) is 11.5. The van der Waals surface area contributed by atoms with Crippen molar-refractivity contribution < 1.29 is 28.6 Å². The molecule has 8 heteroatoms. The number of carbonyl (C=O) groups excluding carboxylic acids is 3. The Morgan fingerprint density at radius 2 is 1.82 bits per heavy atom. The number of rotatable bonds is 9. The minimum Gasteiger partial charge on any atom is -0.462 e. The zero-order valence-electron chi connectivity index (χ0n) is 16.0. The SMILES string of the molecule is CCOCC(=O)OC(C)C(=O)Nc1sc(-c2ccccc2)cc1C(=O)OCC. The summed E-state index contributed by atoms with van der Waals surface area (Å²) in [5.74, 6) is -1.71. The molecule has 0 saturated carbocycles. The van der Waals surface area contributed by atoms with E-state index in [-0.39, 0.29) is 18.8 Å². The predicted molar refractivity (Wildman–Crippen MR) is 106 cm³/mol. The van der Waals surface area contributed by atoms with Crippen molar-refractivity contribution in [2.45, 2.75) is 26.9 Å². The van der Waals surface area contributed by atoms with Gasteiger partial charge < -0.3 is 19.5 Å². The van der Waals surface area contributed by atoms with Gasteiger partial charge in [-0.25, -0.2) is 9.59 Å². The van der Waals surface area contributed by atoms with E-state index in [2.05, 4.69) is 5.32 Å². The summed E-state index contributed by atoms with van der Waals surface area (Å²) in [6, 6.07) is 11.2. The van der Waals surface area contributed by atoms with Gasteiger partial charge in [0.15, 0.2) is 6.10 Å². The molecule has 0 saturated heterocycles.